The Morgan fingerprint density at radius 3 is 2.50 bits per heavy atom. The summed E-state index contributed by atoms with van der Waals surface area (Å²) in [6.45, 7) is 3.24. The maximum absolute atomic E-state index is 13.0. The molecule has 0 bridgehead atoms. The van der Waals surface area contributed by atoms with Gasteiger partial charge in [0.15, 0.2) is 0 Å². The van der Waals surface area contributed by atoms with Crippen LogP contribution in [0.3, 0.4) is 0 Å². The number of hydrogen-bond acceptors (Lipinski definition) is 1. The maximum Gasteiger partial charge on any atom is 0.225 e. The highest BCUT2D eigenvalue weighted by atomic mass is 16.2. The van der Waals surface area contributed by atoms with Crippen molar-refractivity contribution >= 4 is 5.91 Å². The van der Waals surface area contributed by atoms with Gasteiger partial charge in [-0.1, -0.05) is 56.5 Å². The lowest BCUT2D eigenvalue weighted by Crippen LogP contribution is -2.42. The summed E-state index contributed by atoms with van der Waals surface area (Å²) in [5.74, 6) is 1.26. The van der Waals surface area contributed by atoms with Crippen LogP contribution in [0.1, 0.15) is 69.8 Å². The zero-order valence-electron chi connectivity index (χ0n) is 13.8. The normalized spacial score (nSPS) is 24.4. The smallest absolute Gasteiger partial charge is 0.225 e. The molecule has 120 valence electrons. The van der Waals surface area contributed by atoms with Crippen molar-refractivity contribution in [2.75, 3.05) is 6.54 Å². The summed E-state index contributed by atoms with van der Waals surface area (Å²) in [7, 11) is 0. The molecule has 3 rings (SSSR count). The maximum atomic E-state index is 13.0. The minimum absolute atomic E-state index is 0.308. The molecule has 2 atom stereocenters. The Balaban J connectivity index is 1.75. The Kier molecular flexibility index (Phi) is 5.17. The van der Waals surface area contributed by atoms with Gasteiger partial charge in [0.25, 0.3) is 0 Å². The van der Waals surface area contributed by atoms with Gasteiger partial charge in [-0.25, -0.2) is 0 Å². The molecule has 1 aliphatic heterocycles. The summed E-state index contributed by atoms with van der Waals surface area (Å²) in [5.41, 5.74) is 1.40. The third-order valence-corrected chi connectivity index (χ3v) is 5.67. The highest BCUT2D eigenvalue weighted by Gasteiger charge is 2.37. The van der Waals surface area contributed by atoms with E-state index in [1.54, 1.807) is 0 Å². The molecule has 1 heterocycles. The average Bonchev–Trinajstić information content (AvgIpc) is 3.06. The first-order valence-corrected chi connectivity index (χ1v) is 9.16. The molecule has 1 saturated heterocycles. The molecule has 0 N–H and O–H groups in total. The minimum Gasteiger partial charge on any atom is -0.339 e. The van der Waals surface area contributed by atoms with Crippen LogP contribution in [0.15, 0.2) is 30.3 Å². The summed E-state index contributed by atoms with van der Waals surface area (Å²) in [5, 5.41) is 0. The highest BCUT2D eigenvalue weighted by molar-refractivity contribution is 5.79. The fourth-order valence-corrected chi connectivity index (χ4v) is 4.50. The molecule has 2 heteroatoms. The van der Waals surface area contributed by atoms with Crippen LogP contribution in [-0.2, 0) is 4.79 Å². The molecular formula is C20H29NO. The number of carbonyl (C=O) groups excluding carboxylic acids is 1. The van der Waals surface area contributed by atoms with E-state index in [0.717, 1.165) is 25.8 Å². The van der Waals surface area contributed by atoms with Crippen molar-refractivity contribution in [1.82, 2.24) is 4.90 Å². The van der Waals surface area contributed by atoms with Crippen molar-refractivity contribution in [2.45, 2.75) is 70.3 Å². The van der Waals surface area contributed by atoms with Crippen molar-refractivity contribution in [2.24, 2.45) is 5.92 Å². The van der Waals surface area contributed by atoms with Gasteiger partial charge >= 0.3 is 0 Å². The second-order valence-corrected chi connectivity index (χ2v) is 7.00. The van der Waals surface area contributed by atoms with Gasteiger partial charge in [-0.2, -0.15) is 0 Å². The number of rotatable bonds is 4. The summed E-state index contributed by atoms with van der Waals surface area (Å²) in [4.78, 5) is 15.2. The van der Waals surface area contributed by atoms with Crippen LogP contribution in [0.5, 0.6) is 0 Å². The van der Waals surface area contributed by atoms with E-state index < -0.39 is 0 Å². The van der Waals surface area contributed by atoms with Crippen LogP contribution in [0.4, 0.5) is 0 Å². The molecule has 0 aromatic heterocycles. The zero-order chi connectivity index (χ0) is 15.4. The first-order chi connectivity index (χ1) is 10.8. The van der Waals surface area contributed by atoms with Crippen LogP contribution < -0.4 is 0 Å². The van der Waals surface area contributed by atoms with Gasteiger partial charge in [0.1, 0.15) is 0 Å². The highest BCUT2D eigenvalue weighted by Crippen LogP contribution is 2.36. The lowest BCUT2D eigenvalue weighted by atomic mass is 9.85. The number of nitrogens with zero attached hydrogens (tertiary/aromatic N) is 1. The predicted octanol–water partition coefficient (Wildman–Crippen LogP) is 4.75. The molecule has 1 aromatic rings. The quantitative estimate of drug-likeness (QED) is 0.785. The third-order valence-electron chi connectivity index (χ3n) is 5.67. The van der Waals surface area contributed by atoms with Gasteiger partial charge in [-0.05, 0) is 37.7 Å². The van der Waals surface area contributed by atoms with E-state index in [9.17, 15) is 4.79 Å². The largest absolute Gasteiger partial charge is 0.339 e. The van der Waals surface area contributed by atoms with E-state index in [-0.39, 0.29) is 0 Å². The fraction of sp³-hybridized carbons (Fsp3) is 0.650. The molecular weight excluding hydrogens is 270 g/mol. The van der Waals surface area contributed by atoms with Gasteiger partial charge in [0, 0.05) is 24.4 Å². The van der Waals surface area contributed by atoms with Crippen molar-refractivity contribution in [3.8, 4) is 0 Å². The van der Waals surface area contributed by atoms with Crippen LogP contribution in [0, 0.1) is 5.92 Å². The lowest BCUT2D eigenvalue weighted by Gasteiger charge is -2.35. The van der Waals surface area contributed by atoms with Gasteiger partial charge in [0.2, 0.25) is 5.91 Å². The van der Waals surface area contributed by atoms with Crippen LogP contribution in [-0.4, -0.2) is 23.4 Å². The van der Waals surface area contributed by atoms with Crippen molar-refractivity contribution in [3.05, 3.63) is 35.9 Å². The summed E-state index contributed by atoms with van der Waals surface area (Å²) in [6, 6.07) is 11.2. The first-order valence-electron chi connectivity index (χ1n) is 9.16. The lowest BCUT2D eigenvalue weighted by molar-refractivity contribution is -0.137. The van der Waals surface area contributed by atoms with Crippen LogP contribution in [0.2, 0.25) is 0 Å². The second-order valence-electron chi connectivity index (χ2n) is 7.00. The second kappa shape index (κ2) is 7.30. The van der Waals surface area contributed by atoms with Crippen molar-refractivity contribution < 1.29 is 4.79 Å². The number of amides is 1. The third kappa shape index (κ3) is 3.21. The Labute approximate surface area is 134 Å². The SMILES string of the molecule is CCC(c1ccccc1)C1CCCN1C(=O)C1CCCCC1. The van der Waals surface area contributed by atoms with Crippen molar-refractivity contribution in [1.29, 1.82) is 0 Å². The molecule has 2 fully saturated rings. The molecule has 1 saturated carbocycles. The first kappa shape index (κ1) is 15.6. The van der Waals surface area contributed by atoms with Gasteiger partial charge in [0.05, 0.1) is 0 Å². The number of benzene rings is 1. The Morgan fingerprint density at radius 1 is 1.09 bits per heavy atom. The number of carbonyl (C=O) groups is 1. The van der Waals surface area contributed by atoms with Gasteiger partial charge < -0.3 is 4.90 Å². The molecule has 1 aliphatic carbocycles. The fourth-order valence-electron chi connectivity index (χ4n) is 4.50. The number of hydrogen-bond donors (Lipinski definition) is 0. The molecule has 1 amide bonds. The molecule has 1 aromatic carbocycles. The molecule has 2 nitrogen and oxygen atoms in total. The van der Waals surface area contributed by atoms with Crippen LogP contribution in [0.25, 0.3) is 0 Å². The van der Waals surface area contributed by atoms with Gasteiger partial charge in [-0.3, -0.25) is 4.79 Å². The molecule has 2 aliphatic rings. The Bertz CT molecular complexity index is 478. The standard InChI is InChI=1S/C20H29NO/c1-2-18(16-10-5-3-6-11-16)19-14-9-15-21(19)20(22)17-12-7-4-8-13-17/h3,5-6,10-11,17-19H,2,4,7-9,12-15H2,1H3. The zero-order valence-corrected chi connectivity index (χ0v) is 13.8. The Morgan fingerprint density at radius 2 is 1.82 bits per heavy atom. The van der Waals surface area contributed by atoms with E-state index in [4.69, 9.17) is 0 Å². The molecule has 0 spiro atoms. The van der Waals surface area contributed by atoms with E-state index >= 15 is 0 Å². The van der Waals surface area contributed by atoms with Gasteiger partial charge in [-0.15, -0.1) is 0 Å². The molecule has 2 unspecified atom stereocenters. The molecule has 22 heavy (non-hydrogen) atoms. The van der Waals surface area contributed by atoms with E-state index in [1.807, 2.05) is 0 Å². The van der Waals surface area contributed by atoms with E-state index in [2.05, 4.69) is 42.2 Å². The Hall–Kier alpha value is -1.31. The summed E-state index contributed by atoms with van der Waals surface area (Å²) in [6.07, 6.45) is 9.49. The summed E-state index contributed by atoms with van der Waals surface area (Å²) < 4.78 is 0. The number of likely N-dealkylation sites (tertiary alicyclic amines) is 1. The van der Waals surface area contributed by atoms with E-state index in [1.165, 1.54) is 37.7 Å². The monoisotopic (exact) mass is 299 g/mol. The topological polar surface area (TPSA) is 20.3 Å². The van der Waals surface area contributed by atoms with Crippen LogP contribution >= 0.6 is 0 Å². The average molecular weight is 299 g/mol. The van der Waals surface area contributed by atoms with Crippen molar-refractivity contribution in [3.63, 3.8) is 0 Å². The minimum atomic E-state index is 0.308. The van der Waals surface area contributed by atoms with E-state index in [0.29, 0.717) is 23.8 Å². The molecule has 0 radical (unpaired) electrons. The predicted molar refractivity (Wildman–Crippen MR) is 90.8 cm³/mol. The summed E-state index contributed by atoms with van der Waals surface area (Å²) >= 11 is 0.